The van der Waals surface area contributed by atoms with Crippen LogP contribution in [0.15, 0.2) is 29.3 Å². The van der Waals surface area contributed by atoms with Crippen LogP contribution in [0, 0.1) is 0 Å². The van der Waals surface area contributed by atoms with E-state index in [0.29, 0.717) is 16.6 Å². The van der Waals surface area contributed by atoms with Crippen LogP contribution < -0.4 is 9.64 Å². The van der Waals surface area contributed by atoms with Crippen molar-refractivity contribution in [2.75, 3.05) is 18.6 Å². The van der Waals surface area contributed by atoms with Crippen LogP contribution in [0.4, 0.5) is 5.69 Å². The number of esters is 3. The number of methoxy groups -OCH3 is 1. The minimum Gasteiger partial charge on any atom is -0.497 e. The lowest BCUT2D eigenvalue weighted by atomic mass is 9.98. The lowest BCUT2D eigenvalue weighted by Gasteiger charge is -2.41. The Labute approximate surface area is 200 Å². The molecule has 1 saturated heterocycles. The number of thioether (sulfide) groups is 1. The summed E-state index contributed by atoms with van der Waals surface area (Å²) >= 11 is 1.15. The van der Waals surface area contributed by atoms with Crippen molar-refractivity contribution in [1.29, 1.82) is 0 Å². The van der Waals surface area contributed by atoms with Crippen LogP contribution in [-0.2, 0) is 38.1 Å². The molecule has 34 heavy (non-hydrogen) atoms. The van der Waals surface area contributed by atoms with Crippen LogP contribution in [0.3, 0.4) is 0 Å². The number of fused-ring (bicyclic) bond motifs is 1. The molecule has 5 atom stereocenters. The highest BCUT2D eigenvalue weighted by molar-refractivity contribution is 8.15. The molecule has 2 aliphatic rings. The van der Waals surface area contributed by atoms with Gasteiger partial charge >= 0.3 is 17.9 Å². The monoisotopic (exact) mass is 494 g/mol. The molecule has 0 radical (unpaired) electrons. The number of aliphatic imine (C=N–C) groups is 1. The Morgan fingerprint density at radius 1 is 0.971 bits per heavy atom. The highest BCUT2D eigenvalue weighted by Gasteiger charge is 2.54. The molecule has 2 aliphatic heterocycles. The maximum atomic E-state index is 12.5. The fraction of sp³-hybridized carbons (Fsp3) is 0.500. The van der Waals surface area contributed by atoms with Crippen LogP contribution in [0.5, 0.6) is 5.75 Å². The first-order chi connectivity index (χ1) is 16.1. The number of hydrogen-bond acceptors (Lipinski definition) is 11. The molecule has 0 aliphatic carbocycles. The summed E-state index contributed by atoms with van der Waals surface area (Å²) < 4.78 is 27.2. The van der Waals surface area contributed by atoms with Crippen LogP contribution >= 0.6 is 11.8 Å². The molecule has 1 aromatic carbocycles. The Morgan fingerprint density at radius 3 is 2.12 bits per heavy atom. The van der Waals surface area contributed by atoms with Gasteiger partial charge in [-0.2, -0.15) is 0 Å². The number of ether oxygens (including phenoxy) is 5. The molecule has 0 saturated carbocycles. The highest BCUT2D eigenvalue weighted by Crippen LogP contribution is 2.41. The molecule has 12 heteroatoms. The van der Waals surface area contributed by atoms with Crippen molar-refractivity contribution in [3.05, 3.63) is 24.3 Å². The first-order valence-corrected chi connectivity index (χ1v) is 11.3. The fourth-order valence-corrected chi connectivity index (χ4v) is 4.93. The maximum Gasteiger partial charge on any atom is 0.303 e. The van der Waals surface area contributed by atoms with Gasteiger partial charge in [0.15, 0.2) is 17.4 Å². The van der Waals surface area contributed by atoms with E-state index in [4.69, 9.17) is 23.7 Å². The van der Waals surface area contributed by atoms with Crippen molar-refractivity contribution in [2.45, 2.75) is 57.5 Å². The highest BCUT2D eigenvalue weighted by atomic mass is 32.2. The molecule has 1 fully saturated rings. The van der Waals surface area contributed by atoms with Crippen molar-refractivity contribution in [3.8, 4) is 5.75 Å². The van der Waals surface area contributed by atoms with Crippen molar-refractivity contribution in [1.82, 2.24) is 0 Å². The molecule has 184 valence electrons. The third-order valence-electron chi connectivity index (χ3n) is 4.99. The molecular formula is C22H26N2O9S. The van der Waals surface area contributed by atoms with Gasteiger partial charge in [-0.25, -0.2) is 0 Å². The van der Waals surface area contributed by atoms with Gasteiger partial charge in [-0.05, 0) is 24.3 Å². The second-order valence-corrected chi connectivity index (χ2v) is 8.63. The summed E-state index contributed by atoms with van der Waals surface area (Å²) in [7, 11) is 1.54. The molecule has 11 nitrogen and oxygen atoms in total. The Morgan fingerprint density at radius 2 is 1.59 bits per heavy atom. The summed E-state index contributed by atoms with van der Waals surface area (Å²) in [5, 5.41) is 0.319. The van der Waals surface area contributed by atoms with Gasteiger partial charge in [-0.1, -0.05) is 11.8 Å². The third-order valence-corrected chi connectivity index (χ3v) is 6.11. The molecule has 1 amide bonds. The maximum absolute atomic E-state index is 12.5. The number of anilines is 1. The smallest absolute Gasteiger partial charge is 0.303 e. The Kier molecular flexibility index (Phi) is 8.15. The van der Waals surface area contributed by atoms with Crippen molar-refractivity contribution < 1.29 is 42.9 Å². The number of nitrogens with zero attached hydrogens (tertiary/aromatic N) is 2. The zero-order chi connectivity index (χ0) is 25.0. The normalized spacial score (nSPS) is 25.4. The first kappa shape index (κ1) is 25.5. The molecule has 0 N–H and O–H groups in total. The molecule has 0 aromatic heterocycles. The SMILES string of the molecule is COc1ccc(N(C(C)=O)C2=N[C@@H]3[C@@H](OC(C)=O)[C@H](OC(C)=O)[C@@H](COC(C)=O)O[C@@H]3S2)cc1. The second-order valence-electron chi connectivity index (χ2n) is 7.57. The lowest BCUT2D eigenvalue weighted by molar-refractivity contribution is -0.208. The Bertz CT molecular complexity index is 981. The van der Waals surface area contributed by atoms with Gasteiger partial charge in [-0.15, -0.1) is 0 Å². The van der Waals surface area contributed by atoms with E-state index in [2.05, 4.69) is 4.99 Å². The zero-order valence-corrected chi connectivity index (χ0v) is 20.2. The van der Waals surface area contributed by atoms with Crippen LogP contribution in [0.1, 0.15) is 27.7 Å². The van der Waals surface area contributed by atoms with Crippen molar-refractivity contribution in [3.63, 3.8) is 0 Å². The van der Waals surface area contributed by atoms with Gasteiger partial charge in [-0.3, -0.25) is 29.1 Å². The summed E-state index contributed by atoms with van der Waals surface area (Å²) in [4.78, 5) is 53.6. The minimum absolute atomic E-state index is 0.223. The van der Waals surface area contributed by atoms with Crippen molar-refractivity contribution >= 4 is 46.4 Å². The Balaban J connectivity index is 1.96. The molecule has 3 rings (SSSR count). The second kappa shape index (κ2) is 10.9. The lowest BCUT2D eigenvalue weighted by Crippen LogP contribution is -2.59. The van der Waals surface area contributed by atoms with E-state index in [0.717, 1.165) is 11.8 Å². The van der Waals surface area contributed by atoms with E-state index < -0.39 is 47.7 Å². The third kappa shape index (κ3) is 5.86. The number of amidine groups is 1. The van der Waals surface area contributed by atoms with Gasteiger partial charge in [0.25, 0.3) is 0 Å². The van der Waals surface area contributed by atoms with E-state index >= 15 is 0 Å². The quantitative estimate of drug-likeness (QED) is 0.425. The minimum atomic E-state index is -1.07. The van der Waals surface area contributed by atoms with E-state index in [1.807, 2.05) is 0 Å². The predicted molar refractivity (Wildman–Crippen MR) is 121 cm³/mol. The average Bonchev–Trinajstić information content (AvgIpc) is 3.17. The molecule has 0 bridgehead atoms. The fourth-order valence-electron chi connectivity index (χ4n) is 3.65. The number of carbonyl (C=O) groups excluding carboxylic acids is 4. The van der Waals surface area contributed by atoms with E-state index in [1.165, 1.54) is 39.7 Å². The summed E-state index contributed by atoms with van der Waals surface area (Å²) in [5.74, 6) is -1.46. The summed E-state index contributed by atoms with van der Waals surface area (Å²) in [6, 6.07) is 6.06. The van der Waals surface area contributed by atoms with Crippen molar-refractivity contribution in [2.24, 2.45) is 4.99 Å². The zero-order valence-electron chi connectivity index (χ0n) is 19.4. The van der Waals surface area contributed by atoms with Gasteiger partial charge in [0, 0.05) is 27.7 Å². The first-order valence-electron chi connectivity index (χ1n) is 10.4. The molecule has 2 heterocycles. The number of carbonyl (C=O) groups is 4. The topological polar surface area (TPSA) is 130 Å². The largest absolute Gasteiger partial charge is 0.497 e. The van der Waals surface area contributed by atoms with E-state index in [-0.39, 0.29) is 12.5 Å². The van der Waals surface area contributed by atoms with Gasteiger partial charge in [0.05, 0.1) is 12.8 Å². The number of hydrogen-bond donors (Lipinski definition) is 0. The number of rotatable bonds is 6. The molecule has 0 spiro atoms. The predicted octanol–water partition coefficient (Wildman–Crippen LogP) is 1.67. The van der Waals surface area contributed by atoms with Crippen LogP contribution in [0.2, 0.25) is 0 Å². The van der Waals surface area contributed by atoms with Gasteiger partial charge in [0.1, 0.15) is 29.9 Å². The van der Waals surface area contributed by atoms with Gasteiger partial charge < -0.3 is 23.7 Å². The number of amides is 1. The summed E-state index contributed by atoms with van der Waals surface area (Å²) in [6.07, 6.45) is -3.00. The standard InChI is InChI=1S/C22H26N2O9S/c1-11(25)24(15-6-8-16(29-5)9-7-15)22-23-18-20(32-14(4)28)19(31-13(3)27)17(10-30-12(2)26)33-21(18)34-22/h6-9,17-21H,10H2,1-5H3/t17-,18-,19-,20-,21-/m1/s1. The molecule has 1 aromatic rings. The van der Waals surface area contributed by atoms with E-state index in [1.54, 1.807) is 24.3 Å². The van der Waals surface area contributed by atoms with Gasteiger partial charge in [0.2, 0.25) is 5.91 Å². The Hall–Kier alpha value is -3.12. The average molecular weight is 495 g/mol. The molecular weight excluding hydrogens is 468 g/mol. The summed E-state index contributed by atoms with van der Waals surface area (Å²) in [6.45, 7) is 4.84. The van der Waals surface area contributed by atoms with Crippen LogP contribution in [0.25, 0.3) is 0 Å². The number of benzene rings is 1. The van der Waals surface area contributed by atoms with Crippen LogP contribution in [-0.4, -0.2) is 72.5 Å². The van der Waals surface area contributed by atoms with E-state index in [9.17, 15) is 19.2 Å². The summed E-state index contributed by atoms with van der Waals surface area (Å²) in [5.41, 5.74) is -0.137. The molecule has 0 unspecified atom stereocenters.